The maximum atomic E-state index is 11.9. The van der Waals surface area contributed by atoms with Gasteiger partial charge < -0.3 is 20.0 Å². The summed E-state index contributed by atoms with van der Waals surface area (Å²) in [5.41, 5.74) is -0.391. The van der Waals surface area contributed by atoms with Gasteiger partial charge in [-0.2, -0.15) is 0 Å². The molecule has 0 bridgehead atoms. The van der Waals surface area contributed by atoms with E-state index in [1.807, 2.05) is 25.8 Å². The number of nitrogens with zero attached hydrogens (tertiary/aromatic N) is 3. The number of aromatic nitrogens is 2. The van der Waals surface area contributed by atoms with Crippen molar-refractivity contribution < 1.29 is 9.21 Å². The van der Waals surface area contributed by atoms with Crippen LogP contribution in [0.25, 0.3) is 0 Å². The molecule has 0 aliphatic carbocycles. The second-order valence-corrected chi connectivity index (χ2v) is 5.24. The van der Waals surface area contributed by atoms with Gasteiger partial charge in [0.1, 0.15) is 0 Å². The molecule has 7 nitrogen and oxygen atoms in total. The summed E-state index contributed by atoms with van der Waals surface area (Å²) in [6.07, 6.45) is 0.784. The van der Waals surface area contributed by atoms with E-state index in [1.165, 1.54) is 0 Å². The van der Waals surface area contributed by atoms with E-state index >= 15 is 0 Å². The molecule has 1 aliphatic rings. The number of anilines is 1. The van der Waals surface area contributed by atoms with Gasteiger partial charge in [-0.05, 0) is 27.3 Å². The smallest absolute Gasteiger partial charge is 0.318 e. The lowest BCUT2D eigenvalue weighted by Crippen LogP contribution is -2.39. The summed E-state index contributed by atoms with van der Waals surface area (Å²) in [6.45, 7) is 5.26. The number of nitrogens with one attached hydrogen (secondary N) is 2. The summed E-state index contributed by atoms with van der Waals surface area (Å²) < 4.78 is 5.64. The quantitative estimate of drug-likeness (QED) is 0.817. The topological polar surface area (TPSA) is 83.3 Å². The number of carbonyl (C=O) groups is 1. The fourth-order valence-electron chi connectivity index (χ4n) is 2.26. The maximum absolute atomic E-state index is 11.9. The van der Waals surface area contributed by atoms with Crippen LogP contribution < -0.4 is 15.5 Å². The molecule has 0 aromatic carbocycles. The third-order valence-corrected chi connectivity index (χ3v) is 3.75. The van der Waals surface area contributed by atoms with E-state index < -0.39 is 5.41 Å². The van der Waals surface area contributed by atoms with Crippen molar-refractivity contribution in [3.8, 4) is 0 Å². The minimum Gasteiger partial charge on any atom is -0.406 e. The van der Waals surface area contributed by atoms with Crippen molar-refractivity contribution in [3.63, 3.8) is 0 Å². The van der Waals surface area contributed by atoms with Gasteiger partial charge in [-0.1, -0.05) is 5.10 Å². The SMILES string of the molecule is CNC(=O)C1(C)CCN(c2nnc(C(C)NC)o2)C1. The van der Waals surface area contributed by atoms with Gasteiger partial charge in [-0.15, -0.1) is 5.10 Å². The molecule has 2 rings (SSSR count). The first-order chi connectivity index (χ1) is 9.00. The molecule has 1 aromatic rings. The fraction of sp³-hybridized carbons (Fsp3) is 0.750. The lowest BCUT2D eigenvalue weighted by molar-refractivity contribution is -0.128. The molecule has 2 unspecified atom stereocenters. The number of hydrogen-bond donors (Lipinski definition) is 2. The monoisotopic (exact) mass is 267 g/mol. The highest BCUT2D eigenvalue weighted by Gasteiger charge is 2.41. The van der Waals surface area contributed by atoms with Gasteiger partial charge in [0, 0.05) is 20.1 Å². The van der Waals surface area contributed by atoms with Gasteiger partial charge in [0.2, 0.25) is 11.8 Å². The molecule has 2 atom stereocenters. The van der Waals surface area contributed by atoms with Crippen LogP contribution in [0.2, 0.25) is 0 Å². The largest absolute Gasteiger partial charge is 0.406 e. The Morgan fingerprint density at radius 1 is 1.47 bits per heavy atom. The second-order valence-electron chi connectivity index (χ2n) is 5.24. The standard InChI is InChI=1S/C12H21N5O2/c1-8(13-3)9-15-16-11(19-9)17-6-5-12(2,7-17)10(18)14-4/h8,13H,5-7H2,1-4H3,(H,14,18). The van der Waals surface area contributed by atoms with Crippen LogP contribution in [-0.2, 0) is 4.79 Å². The predicted octanol–water partition coefficient (Wildman–Crippen LogP) is 0.312. The highest BCUT2D eigenvalue weighted by atomic mass is 16.4. The van der Waals surface area contributed by atoms with Crippen molar-refractivity contribution in [2.24, 2.45) is 5.41 Å². The zero-order valence-corrected chi connectivity index (χ0v) is 11.9. The first-order valence-corrected chi connectivity index (χ1v) is 6.48. The molecular formula is C12H21N5O2. The van der Waals surface area contributed by atoms with Gasteiger partial charge in [0.05, 0.1) is 11.5 Å². The van der Waals surface area contributed by atoms with Crippen molar-refractivity contribution in [2.45, 2.75) is 26.3 Å². The third kappa shape index (κ3) is 2.56. The van der Waals surface area contributed by atoms with Crippen LogP contribution >= 0.6 is 0 Å². The third-order valence-electron chi connectivity index (χ3n) is 3.75. The number of hydrogen-bond acceptors (Lipinski definition) is 6. The Kier molecular flexibility index (Phi) is 3.75. The Bertz CT molecular complexity index is 461. The van der Waals surface area contributed by atoms with Crippen LogP contribution in [0.1, 0.15) is 32.2 Å². The van der Waals surface area contributed by atoms with E-state index in [9.17, 15) is 4.79 Å². The lowest BCUT2D eigenvalue weighted by atomic mass is 9.89. The van der Waals surface area contributed by atoms with Crippen LogP contribution in [0.15, 0.2) is 4.42 Å². The van der Waals surface area contributed by atoms with E-state index in [-0.39, 0.29) is 11.9 Å². The molecule has 2 N–H and O–H groups in total. The highest BCUT2D eigenvalue weighted by Crippen LogP contribution is 2.33. The zero-order valence-electron chi connectivity index (χ0n) is 11.9. The summed E-state index contributed by atoms with van der Waals surface area (Å²) in [6, 6.07) is 0.513. The Morgan fingerprint density at radius 2 is 2.21 bits per heavy atom. The normalized spacial score (nSPS) is 24.5. The molecule has 19 heavy (non-hydrogen) atoms. The molecule has 106 valence electrons. The summed E-state index contributed by atoms with van der Waals surface area (Å²) in [5, 5.41) is 13.8. The average molecular weight is 267 g/mol. The average Bonchev–Trinajstić information content (AvgIpc) is 3.04. The van der Waals surface area contributed by atoms with Crippen molar-refractivity contribution in [2.75, 3.05) is 32.1 Å². The predicted molar refractivity (Wildman–Crippen MR) is 70.8 cm³/mol. The summed E-state index contributed by atoms with van der Waals surface area (Å²) in [4.78, 5) is 13.8. The lowest BCUT2D eigenvalue weighted by Gasteiger charge is -2.21. The van der Waals surface area contributed by atoms with Crippen molar-refractivity contribution in [1.29, 1.82) is 0 Å². The highest BCUT2D eigenvalue weighted by molar-refractivity contribution is 5.83. The van der Waals surface area contributed by atoms with E-state index in [2.05, 4.69) is 20.8 Å². The van der Waals surface area contributed by atoms with Gasteiger partial charge in [0.25, 0.3) is 0 Å². The number of rotatable bonds is 4. The molecular weight excluding hydrogens is 246 g/mol. The van der Waals surface area contributed by atoms with Crippen molar-refractivity contribution in [3.05, 3.63) is 5.89 Å². The van der Waals surface area contributed by atoms with Gasteiger partial charge in [-0.3, -0.25) is 4.79 Å². The van der Waals surface area contributed by atoms with Crippen LogP contribution in [0, 0.1) is 5.41 Å². The van der Waals surface area contributed by atoms with E-state index in [0.717, 1.165) is 13.0 Å². The molecule has 2 heterocycles. The molecule has 7 heteroatoms. The first kappa shape index (κ1) is 13.8. The number of amides is 1. The second kappa shape index (κ2) is 5.16. The fourth-order valence-corrected chi connectivity index (χ4v) is 2.26. The van der Waals surface area contributed by atoms with Crippen LogP contribution in [-0.4, -0.2) is 43.3 Å². The Balaban J connectivity index is 2.09. The molecule has 0 radical (unpaired) electrons. The zero-order chi connectivity index (χ0) is 14.0. The molecule has 0 spiro atoms. The molecule has 1 saturated heterocycles. The van der Waals surface area contributed by atoms with E-state index in [0.29, 0.717) is 18.5 Å². The maximum Gasteiger partial charge on any atom is 0.318 e. The summed E-state index contributed by atoms with van der Waals surface area (Å²) in [7, 11) is 3.50. The van der Waals surface area contributed by atoms with Gasteiger partial charge in [0.15, 0.2) is 0 Å². The van der Waals surface area contributed by atoms with E-state index in [1.54, 1.807) is 7.05 Å². The van der Waals surface area contributed by atoms with Crippen LogP contribution in [0.3, 0.4) is 0 Å². The Labute approximate surface area is 112 Å². The van der Waals surface area contributed by atoms with Gasteiger partial charge in [-0.25, -0.2) is 0 Å². The Hall–Kier alpha value is -1.63. The van der Waals surface area contributed by atoms with Crippen molar-refractivity contribution in [1.82, 2.24) is 20.8 Å². The Morgan fingerprint density at radius 3 is 2.84 bits per heavy atom. The molecule has 1 aromatic heterocycles. The minimum absolute atomic E-state index is 0.0224. The van der Waals surface area contributed by atoms with E-state index in [4.69, 9.17) is 4.42 Å². The molecule has 1 aliphatic heterocycles. The summed E-state index contributed by atoms with van der Waals surface area (Å²) >= 11 is 0. The van der Waals surface area contributed by atoms with Gasteiger partial charge >= 0.3 is 6.01 Å². The molecule has 1 fully saturated rings. The molecule has 0 saturated carbocycles. The van der Waals surface area contributed by atoms with Crippen molar-refractivity contribution >= 4 is 11.9 Å². The first-order valence-electron chi connectivity index (χ1n) is 6.48. The van der Waals surface area contributed by atoms with Crippen LogP contribution in [0.4, 0.5) is 6.01 Å². The summed E-state index contributed by atoms with van der Waals surface area (Å²) in [5.74, 6) is 0.615. The number of carbonyl (C=O) groups excluding carboxylic acids is 1. The minimum atomic E-state index is -0.391. The van der Waals surface area contributed by atoms with Crippen LogP contribution in [0.5, 0.6) is 0 Å². The molecule has 1 amide bonds.